The van der Waals surface area contributed by atoms with Crippen LogP contribution in [-0.4, -0.2) is 17.6 Å². The van der Waals surface area contributed by atoms with Crippen molar-refractivity contribution in [3.63, 3.8) is 0 Å². The molecule has 1 amide bonds. The van der Waals surface area contributed by atoms with E-state index in [0.717, 1.165) is 0 Å². The molecule has 2 aromatic rings. The van der Waals surface area contributed by atoms with Gasteiger partial charge in [0.05, 0.1) is 5.69 Å². The summed E-state index contributed by atoms with van der Waals surface area (Å²) in [6, 6.07) is 9.60. The summed E-state index contributed by atoms with van der Waals surface area (Å²) in [4.78, 5) is 11.7. The zero-order valence-corrected chi connectivity index (χ0v) is 11.0. The van der Waals surface area contributed by atoms with Gasteiger partial charge in [0.2, 0.25) is 0 Å². The number of aromatic hydroxyl groups is 1. The highest BCUT2D eigenvalue weighted by atomic mass is 35.5. The summed E-state index contributed by atoms with van der Waals surface area (Å²) in [7, 11) is 0. The number of benzene rings is 2. The summed E-state index contributed by atoms with van der Waals surface area (Å²) >= 11 is 5.76. The number of amides is 1. The molecule has 0 spiro atoms. The van der Waals surface area contributed by atoms with E-state index < -0.39 is 5.91 Å². The predicted molar refractivity (Wildman–Crippen MR) is 73.6 cm³/mol. The van der Waals surface area contributed by atoms with Crippen molar-refractivity contribution < 1.29 is 19.0 Å². The van der Waals surface area contributed by atoms with Crippen LogP contribution in [0.25, 0.3) is 0 Å². The quantitative estimate of drug-likeness (QED) is 0.852. The van der Waals surface area contributed by atoms with Gasteiger partial charge in [0.15, 0.2) is 6.61 Å². The van der Waals surface area contributed by atoms with E-state index in [2.05, 4.69) is 5.32 Å². The number of halogens is 2. The Bertz CT molecular complexity index is 616. The van der Waals surface area contributed by atoms with E-state index >= 15 is 0 Å². The third kappa shape index (κ3) is 3.86. The maximum Gasteiger partial charge on any atom is 0.262 e. The highest BCUT2D eigenvalue weighted by Gasteiger charge is 2.08. The van der Waals surface area contributed by atoms with Crippen molar-refractivity contribution in [2.75, 3.05) is 11.9 Å². The smallest absolute Gasteiger partial charge is 0.262 e. The van der Waals surface area contributed by atoms with Gasteiger partial charge in [0, 0.05) is 5.02 Å². The van der Waals surface area contributed by atoms with E-state index in [-0.39, 0.29) is 23.9 Å². The van der Waals surface area contributed by atoms with E-state index in [9.17, 15) is 14.3 Å². The molecule has 0 aliphatic heterocycles. The standard InChI is InChI=1S/C14H11ClFNO3/c15-9-1-6-13(18)12(7-9)17-14(19)8-20-11-4-2-10(16)3-5-11/h1-7,18H,8H2,(H,17,19). The van der Waals surface area contributed by atoms with Crippen molar-refractivity contribution in [2.24, 2.45) is 0 Å². The molecule has 0 aliphatic rings. The van der Waals surface area contributed by atoms with Gasteiger partial charge in [-0.15, -0.1) is 0 Å². The van der Waals surface area contributed by atoms with Gasteiger partial charge in [-0.05, 0) is 42.5 Å². The van der Waals surface area contributed by atoms with Crippen LogP contribution in [0, 0.1) is 5.82 Å². The molecular weight excluding hydrogens is 285 g/mol. The number of carbonyl (C=O) groups excluding carboxylic acids is 1. The highest BCUT2D eigenvalue weighted by molar-refractivity contribution is 6.31. The summed E-state index contributed by atoms with van der Waals surface area (Å²) in [6.07, 6.45) is 0. The van der Waals surface area contributed by atoms with Crippen molar-refractivity contribution in [3.05, 3.63) is 53.3 Å². The van der Waals surface area contributed by atoms with Gasteiger partial charge in [0.1, 0.15) is 17.3 Å². The number of hydrogen-bond donors (Lipinski definition) is 2. The van der Waals surface area contributed by atoms with Crippen LogP contribution in [0.3, 0.4) is 0 Å². The molecule has 0 fully saturated rings. The van der Waals surface area contributed by atoms with Gasteiger partial charge in [-0.3, -0.25) is 4.79 Å². The molecule has 2 rings (SSSR count). The molecule has 2 aromatic carbocycles. The van der Waals surface area contributed by atoms with Crippen LogP contribution in [0.4, 0.5) is 10.1 Å². The largest absolute Gasteiger partial charge is 0.506 e. The van der Waals surface area contributed by atoms with Gasteiger partial charge in [-0.1, -0.05) is 11.6 Å². The summed E-state index contributed by atoms with van der Waals surface area (Å²) < 4.78 is 17.9. The Morgan fingerprint density at radius 1 is 1.25 bits per heavy atom. The zero-order chi connectivity index (χ0) is 14.5. The molecule has 0 aromatic heterocycles. The Morgan fingerprint density at radius 3 is 2.65 bits per heavy atom. The minimum atomic E-state index is -0.466. The van der Waals surface area contributed by atoms with Crippen LogP contribution in [0.2, 0.25) is 5.02 Å². The van der Waals surface area contributed by atoms with Crippen molar-refractivity contribution in [1.82, 2.24) is 0 Å². The fourth-order valence-electron chi connectivity index (χ4n) is 1.47. The second kappa shape index (κ2) is 6.25. The molecule has 0 aliphatic carbocycles. The lowest BCUT2D eigenvalue weighted by Gasteiger charge is -2.09. The Labute approximate surface area is 119 Å². The molecule has 6 heteroatoms. The lowest BCUT2D eigenvalue weighted by Crippen LogP contribution is -2.20. The summed E-state index contributed by atoms with van der Waals surface area (Å²) in [5.41, 5.74) is 0.199. The van der Waals surface area contributed by atoms with Gasteiger partial charge in [0.25, 0.3) is 5.91 Å². The highest BCUT2D eigenvalue weighted by Crippen LogP contribution is 2.26. The molecule has 0 unspecified atom stereocenters. The fraction of sp³-hybridized carbons (Fsp3) is 0.0714. The van der Waals surface area contributed by atoms with Crippen LogP contribution in [0.1, 0.15) is 0 Å². The number of nitrogens with one attached hydrogen (secondary N) is 1. The molecule has 0 saturated heterocycles. The molecule has 0 atom stereocenters. The molecular formula is C14H11ClFNO3. The molecule has 0 bridgehead atoms. The van der Waals surface area contributed by atoms with Gasteiger partial charge >= 0.3 is 0 Å². The summed E-state index contributed by atoms with van der Waals surface area (Å²) in [5.74, 6) is -0.570. The minimum Gasteiger partial charge on any atom is -0.506 e. The van der Waals surface area contributed by atoms with E-state index in [0.29, 0.717) is 10.8 Å². The summed E-state index contributed by atoms with van der Waals surface area (Å²) in [5, 5.41) is 12.4. The molecule has 0 radical (unpaired) electrons. The fourth-order valence-corrected chi connectivity index (χ4v) is 1.65. The molecule has 20 heavy (non-hydrogen) atoms. The number of phenolic OH excluding ortho intramolecular Hbond substituents is 1. The van der Waals surface area contributed by atoms with Crippen LogP contribution < -0.4 is 10.1 Å². The number of phenols is 1. The average Bonchev–Trinajstić information content (AvgIpc) is 2.42. The van der Waals surface area contributed by atoms with Crippen molar-refractivity contribution in [3.8, 4) is 11.5 Å². The molecule has 0 saturated carbocycles. The maximum absolute atomic E-state index is 12.7. The Hall–Kier alpha value is -2.27. The minimum absolute atomic E-state index is 0.0930. The van der Waals surface area contributed by atoms with Crippen LogP contribution >= 0.6 is 11.6 Å². The third-order valence-corrected chi connectivity index (χ3v) is 2.65. The number of anilines is 1. The average molecular weight is 296 g/mol. The number of hydrogen-bond acceptors (Lipinski definition) is 3. The number of rotatable bonds is 4. The first-order valence-electron chi connectivity index (χ1n) is 5.71. The van der Waals surface area contributed by atoms with E-state index in [1.54, 1.807) is 0 Å². The van der Waals surface area contributed by atoms with E-state index in [1.807, 2.05) is 0 Å². The first kappa shape index (κ1) is 14.1. The first-order chi connectivity index (χ1) is 9.54. The van der Waals surface area contributed by atoms with E-state index in [4.69, 9.17) is 16.3 Å². The van der Waals surface area contributed by atoms with Crippen molar-refractivity contribution in [1.29, 1.82) is 0 Å². The SMILES string of the molecule is O=C(COc1ccc(F)cc1)Nc1cc(Cl)ccc1O. The van der Waals surface area contributed by atoms with Gasteiger partial charge < -0.3 is 15.2 Å². The van der Waals surface area contributed by atoms with Gasteiger partial charge in [-0.25, -0.2) is 4.39 Å². The topological polar surface area (TPSA) is 58.6 Å². The lowest BCUT2D eigenvalue weighted by molar-refractivity contribution is -0.118. The monoisotopic (exact) mass is 295 g/mol. The lowest BCUT2D eigenvalue weighted by atomic mass is 10.3. The predicted octanol–water partition coefficient (Wildman–Crippen LogP) is 3.20. The summed E-state index contributed by atoms with van der Waals surface area (Å²) in [6.45, 7) is -0.266. The Morgan fingerprint density at radius 2 is 1.95 bits per heavy atom. The Kier molecular flexibility index (Phi) is 4.42. The second-order valence-electron chi connectivity index (χ2n) is 3.95. The molecule has 2 N–H and O–H groups in total. The second-order valence-corrected chi connectivity index (χ2v) is 4.39. The van der Waals surface area contributed by atoms with Gasteiger partial charge in [-0.2, -0.15) is 0 Å². The van der Waals surface area contributed by atoms with E-state index in [1.165, 1.54) is 42.5 Å². The first-order valence-corrected chi connectivity index (χ1v) is 6.09. The number of ether oxygens (including phenoxy) is 1. The van der Waals surface area contributed by atoms with Crippen LogP contribution in [0.15, 0.2) is 42.5 Å². The third-order valence-electron chi connectivity index (χ3n) is 2.42. The van der Waals surface area contributed by atoms with Crippen LogP contribution in [-0.2, 0) is 4.79 Å². The molecule has 104 valence electrons. The maximum atomic E-state index is 12.7. The number of carbonyl (C=O) groups is 1. The van der Waals surface area contributed by atoms with Crippen molar-refractivity contribution >= 4 is 23.2 Å². The van der Waals surface area contributed by atoms with Crippen LogP contribution in [0.5, 0.6) is 11.5 Å². The molecule has 4 nitrogen and oxygen atoms in total. The Balaban J connectivity index is 1.92. The molecule has 0 heterocycles. The van der Waals surface area contributed by atoms with Crippen molar-refractivity contribution in [2.45, 2.75) is 0 Å². The zero-order valence-electron chi connectivity index (χ0n) is 10.3. The normalized spacial score (nSPS) is 10.1.